The Labute approximate surface area is 183 Å². The van der Waals surface area contributed by atoms with Gasteiger partial charge in [-0.25, -0.2) is 0 Å². The topological polar surface area (TPSA) is 87.7 Å². The van der Waals surface area contributed by atoms with Crippen LogP contribution in [0.3, 0.4) is 0 Å². The summed E-state index contributed by atoms with van der Waals surface area (Å²) in [6, 6.07) is 12.2. The average molecular weight is 444 g/mol. The number of nitrogens with one attached hydrogen (secondary N) is 2. The summed E-state index contributed by atoms with van der Waals surface area (Å²) >= 11 is 6.83. The Hall–Kier alpha value is -3.04. The fraction of sp³-hybridized carbons (Fsp3) is 0.238. The number of benzene rings is 1. The number of nitrogens with zero attached hydrogens (tertiary/aromatic N) is 1. The van der Waals surface area contributed by atoms with Gasteiger partial charge >= 0.3 is 5.97 Å². The van der Waals surface area contributed by atoms with Crippen LogP contribution in [0.4, 0.5) is 0 Å². The quantitative estimate of drug-likeness (QED) is 0.404. The van der Waals surface area contributed by atoms with E-state index in [1.165, 1.54) is 17.4 Å². The van der Waals surface area contributed by atoms with Gasteiger partial charge in [-0.15, -0.1) is 11.3 Å². The molecule has 1 aromatic heterocycles. The van der Waals surface area contributed by atoms with Crippen molar-refractivity contribution in [3.63, 3.8) is 0 Å². The minimum absolute atomic E-state index is 0.103. The smallest absolute Gasteiger partial charge is 0.308 e. The molecule has 1 fully saturated rings. The summed E-state index contributed by atoms with van der Waals surface area (Å²) in [7, 11) is 0. The number of thiocarbonyl (C=S) groups is 1. The van der Waals surface area contributed by atoms with Crippen LogP contribution in [0.5, 0.6) is 0 Å². The van der Waals surface area contributed by atoms with Crippen LogP contribution in [0.15, 0.2) is 53.9 Å². The van der Waals surface area contributed by atoms with Gasteiger partial charge in [0.1, 0.15) is 12.6 Å². The van der Waals surface area contributed by atoms with Crippen LogP contribution in [-0.4, -0.2) is 46.9 Å². The van der Waals surface area contributed by atoms with Crippen molar-refractivity contribution in [1.82, 2.24) is 15.5 Å². The maximum Gasteiger partial charge on any atom is 0.308 e. The van der Waals surface area contributed by atoms with E-state index in [1.54, 1.807) is 11.0 Å². The van der Waals surface area contributed by atoms with Gasteiger partial charge in [-0.2, -0.15) is 0 Å². The molecule has 30 heavy (non-hydrogen) atoms. The molecule has 7 nitrogen and oxygen atoms in total. The number of ether oxygens (including phenoxy) is 1. The summed E-state index contributed by atoms with van der Waals surface area (Å²) in [5, 5.41) is 7.33. The van der Waals surface area contributed by atoms with Crippen LogP contribution >= 0.6 is 23.6 Å². The molecule has 1 unspecified atom stereocenters. The van der Waals surface area contributed by atoms with Gasteiger partial charge in [0.25, 0.3) is 0 Å². The molecule has 0 spiro atoms. The molecule has 0 saturated carbocycles. The Bertz CT molecular complexity index is 929. The molecule has 2 N–H and O–H groups in total. The Morgan fingerprint density at radius 3 is 2.80 bits per heavy atom. The van der Waals surface area contributed by atoms with Crippen molar-refractivity contribution in [3.8, 4) is 0 Å². The zero-order valence-corrected chi connectivity index (χ0v) is 17.7. The molecule has 2 heterocycles. The zero-order chi connectivity index (χ0) is 21.3. The highest BCUT2D eigenvalue weighted by molar-refractivity contribution is 7.80. The lowest BCUT2D eigenvalue weighted by Crippen LogP contribution is -2.60. The molecule has 1 aromatic carbocycles. The van der Waals surface area contributed by atoms with Crippen molar-refractivity contribution < 1.29 is 19.1 Å². The molecule has 0 aliphatic carbocycles. The highest BCUT2D eigenvalue weighted by Crippen LogP contribution is 2.13. The molecule has 1 atom stereocenters. The van der Waals surface area contributed by atoms with E-state index in [2.05, 4.69) is 10.6 Å². The Kier molecular flexibility index (Phi) is 7.69. The van der Waals surface area contributed by atoms with Crippen LogP contribution in [0.2, 0.25) is 0 Å². The first-order valence-electron chi connectivity index (χ1n) is 9.33. The van der Waals surface area contributed by atoms with E-state index in [-0.39, 0.29) is 24.0 Å². The summed E-state index contributed by atoms with van der Waals surface area (Å²) in [5.41, 5.74) is 0.858. The van der Waals surface area contributed by atoms with Crippen LogP contribution < -0.4 is 10.6 Å². The number of esters is 1. The highest BCUT2D eigenvalue weighted by atomic mass is 32.1. The predicted octanol–water partition coefficient (Wildman–Crippen LogP) is 2.10. The molecule has 0 bridgehead atoms. The van der Waals surface area contributed by atoms with E-state index >= 15 is 0 Å². The van der Waals surface area contributed by atoms with Crippen molar-refractivity contribution in [3.05, 3.63) is 64.4 Å². The van der Waals surface area contributed by atoms with Crippen LogP contribution in [0.1, 0.15) is 16.9 Å². The van der Waals surface area contributed by atoms with Gasteiger partial charge in [-0.1, -0.05) is 36.4 Å². The number of piperazine rings is 1. The lowest BCUT2D eigenvalue weighted by molar-refractivity contribution is -0.148. The van der Waals surface area contributed by atoms with E-state index in [9.17, 15) is 14.4 Å². The van der Waals surface area contributed by atoms with Crippen LogP contribution in [0.25, 0.3) is 6.08 Å². The average Bonchev–Trinajstić information content (AvgIpc) is 3.26. The van der Waals surface area contributed by atoms with Gasteiger partial charge in [0.05, 0.1) is 6.42 Å². The van der Waals surface area contributed by atoms with Gasteiger partial charge < -0.3 is 15.0 Å². The minimum Gasteiger partial charge on any atom is -0.461 e. The summed E-state index contributed by atoms with van der Waals surface area (Å²) in [6.45, 7) is 0.883. The molecule has 1 aliphatic rings. The summed E-state index contributed by atoms with van der Waals surface area (Å²) < 4.78 is 5.28. The van der Waals surface area contributed by atoms with Gasteiger partial charge in [0.2, 0.25) is 11.8 Å². The summed E-state index contributed by atoms with van der Waals surface area (Å²) in [6.07, 6.45) is 2.90. The van der Waals surface area contributed by atoms with Gasteiger partial charge in [-0.3, -0.25) is 19.7 Å². The first kappa shape index (κ1) is 21.7. The van der Waals surface area contributed by atoms with Crippen LogP contribution in [0, 0.1) is 0 Å². The lowest BCUT2D eigenvalue weighted by atomic mass is 10.1. The first-order chi connectivity index (χ1) is 14.5. The van der Waals surface area contributed by atoms with E-state index in [1.807, 2.05) is 47.8 Å². The fourth-order valence-corrected chi connectivity index (χ4v) is 3.82. The fourth-order valence-electron chi connectivity index (χ4n) is 2.88. The Morgan fingerprint density at radius 1 is 1.27 bits per heavy atom. The third kappa shape index (κ3) is 6.23. The van der Waals surface area contributed by atoms with E-state index in [0.29, 0.717) is 13.1 Å². The Morgan fingerprint density at radius 2 is 2.07 bits per heavy atom. The highest BCUT2D eigenvalue weighted by Gasteiger charge is 2.34. The number of thiophene rings is 1. The number of rotatable bonds is 6. The molecule has 1 aliphatic heterocycles. The maximum atomic E-state index is 12.3. The normalized spacial score (nSPS) is 16.2. The van der Waals surface area contributed by atoms with Crippen LogP contribution in [-0.2, 0) is 25.7 Å². The molecule has 156 valence electrons. The minimum atomic E-state index is -0.837. The SMILES string of the molecule is O=C(/C=C/c1cccs1)NC(=S)N1CCNC(=O)C1CC(=O)OCc1ccccc1. The second-order valence-electron chi connectivity index (χ2n) is 6.49. The molecule has 9 heteroatoms. The van der Waals surface area contributed by atoms with Crippen molar-refractivity contribution >= 4 is 52.5 Å². The van der Waals surface area contributed by atoms with E-state index in [4.69, 9.17) is 17.0 Å². The van der Waals surface area contributed by atoms with E-state index < -0.39 is 17.9 Å². The van der Waals surface area contributed by atoms with Crippen molar-refractivity contribution in [1.29, 1.82) is 0 Å². The number of carbonyl (C=O) groups excluding carboxylic acids is 3. The monoisotopic (exact) mass is 443 g/mol. The molecule has 2 aromatic rings. The van der Waals surface area contributed by atoms with Gasteiger partial charge in [-0.05, 0) is 35.3 Å². The largest absolute Gasteiger partial charge is 0.461 e. The number of amides is 2. The second-order valence-corrected chi connectivity index (χ2v) is 7.86. The first-order valence-corrected chi connectivity index (χ1v) is 10.6. The lowest BCUT2D eigenvalue weighted by Gasteiger charge is -2.36. The molecular weight excluding hydrogens is 422 g/mol. The number of carbonyl (C=O) groups is 3. The predicted molar refractivity (Wildman–Crippen MR) is 118 cm³/mol. The van der Waals surface area contributed by atoms with Gasteiger partial charge in [0, 0.05) is 24.0 Å². The molecule has 1 saturated heterocycles. The molecular formula is C21H21N3O4S2. The molecule has 3 rings (SSSR count). The number of hydrogen-bond acceptors (Lipinski definition) is 6. The molecule has 2 amide bonds. The van der Waals surface area contributed by atoms with E-state index in [0.717, 1.165) is 10.4 Å². The van der Waals surface area contributed by atoms with Crippen molar-refractivity contribution in [2.75, 3.05) is 13.1 Å². The second kappa shape index (κ2) is 10.7. The number of hydrogen-bond donors (Lipinski definition) is 2. The maximum absolute atomic E-state index is 12.3. The third-order valence-corrected chi connectivity index (χ3v) is 5.54. The summed E-state index contributed by atoms with van der Waals surface area (Å²) in [5.74, 6) is -1.24. The zero-order valence-electron chi connectivity index (χ0n) is 16.1. The molecule has 0 radical (unpaired) electrons. The van der Waals surface area contributed by atoms with Crippen molar-refractivity contribution in [2.24, 2.45) is 0 Å². The van der Waals surface area contributed by atoms with Crippen molar-refractivity contribution in [2.45, 2.75) is 19.1 Å². The Balaban J connectivity index is 1.56. The standard InChI is InChI=1S/C21H21N3O4S2/c25-18(9-8-16-7-4-12-30-16)23-21(29)24-11-10-22-20(27)17(24)13-19(26)28-14-15-5-2-1-3-6-15/h1-9,12,17H,10-11,13-14H2,(H,22,27)(H,23,25,29)/b9-8+. The summed E-state index contributed by atoms with van der Waals surface area (Å²) in [4.78, 5) is 39.3. The van der Waals surface area contributed by atoms with Gasteiger partial charge in [0.15, 0.2) is 5.11 Å². The third-order valence-electron chi connectivity index (χ3n) is 4.37.